The van der Waals surface area contributed by atoms with Gasteiger partial charge in [0.2, 0.25) is 0 Å². The van der Waals surface area contributed by atoms with Crippen LogP contribution in [0.3, 0.4) is 0 Å². The average molecular weight is 379 g/mol. The molecule has 0 aliphatic carbocycles. The van der Waals surface area contributed by atoms with Crippen LogP contribution in [-0.4, -0.2) is 49.1 Å². The highest BCUT2D eigenvalue weighted by Gasteiger charge is 2.36. The van der Waals surface area contributed by atoms with Crippen molar-refractivity contribution in [3.05, 3.63) is 48.0 Å². The van der Waals surface area contributed by atoms with E-state index in [1.807, 2.05) is 0 Å². The summed E-state index contributed by atoms with van der Waals surface area (Å²) in [7, 11) is 2.31. The summed E-state index contributed by atoms with van der Waals surface area (Å²) in [6.45, 7) is 3.85. The maximum absolute atomic E-state index is 4.90. The van der Waals surface area contributed by atoms with Gasteiger partial charge in [0.15, 0.2) is 5.96 Å². The molecule has 2 aliphatic heterocycles. The lowest BCUT2D eigenvalue weighted by Gasteiger charge is -2.47. The van der Waals surface area contributed by atoms with E-state index >= 15 is 0 Å². The molecule has 150 valence electrons. The lowest BCUT2D eigenvalue weighted by Crippen LogP contribution is -2.56. The number of hydrogen-bond donors (Lipinski definition) is 2. The molecule has 28 heavy (non-hydrogen) atoms. The number of fused-ring (bicyclic) bond motifs is 3. The predicted molar refractivity (Wildman–Crippen MR) is 119 cm³/mol. The summed E-state index contributed by atoms with van der Waals surface area (Å²) in [4.78, 5) is 7.52. The molecule has 2 aromatic carbocycles. The van der Waals surface area contributed by atoms with Crippen LogP contribution < -0.4 is 10.6 Å². The number of benzene rings is 2. The lowest BCUT2D eigenvalue weighted by molar-refractivity contribution is 0.0526. The van der Waals surface area contributed by atoms with Crippen LogP contribution in [0.5, 0.6) is 0 Å². The molecule has 2 aliphatic rings. The van der Waals surface area contributed by atoms with Crippen molar-refractivity contribution in [2.24, 2.45) is 4.99 Å². The van der Waals surface area contributed by atoms with Gasteiger partial charge in [-0.05, 0) is 62.4 Å². The minimum absolute atomic E-state index is 0.543. The highest BCUT2D eigenvalue weighted by molar-refractivity contribution is 5.85. The summed E-state index contributed by atoms with van der Waals surface area (Å²) < 4.78 is 0. The Morgan fingerprint density at radius 1 is 1.07 bits per heavy atom. The summed E-state index contributed by atoms with van der Waals surface area (Å²) >= 11 is 0. The van der Waals surface area contributed by atoms with Crippen molar-refractivity contribution < 1.29 is 0 Å². The van der Waals surface area contributed by atoms with Crippen LogP contribution in [0, 0.1) is 0 Å². The van der Waals surface area contributed by atoms with Crippen molar-refractivity contribution in [1.29, 1.82) is 0 Å². The molecule has 2 saturated heterocycles. The van der Waals surface area contributed by atoms with Crippen molar-refractivity contribution in [2.75, 3.05) is 20.1 Å². The Morgan fingerprint density at radius 3 is 2.61 bits per heavy atom. The van der Waals surface area contributed by atoms with Crippen molar-refractivity contribution in [3.63, 3.8) is 0 Å². The first-order valence-electron chi connectivity index (χ1n) is 11.0. The molecule has 0 aromatic heterocycles. The monoisotopic (exact) mass is 378 g/mol. The summed E-state index contributed by atoms with van der Waals surface area (Å²) in [6.07, 6.45) is 7.53. The molecule has 2 bridgehead atoms. The van der Waals surface area contributed by atoms with Crippen molar-refractivity contribution in [3.8, 4) is 0 Å². The molecule has 4 nitrogen and oxygen atoms in total. The molecular weight excluding hydrogens is 344 g/mol. The van der Waals surface area contributed by atoms with Gasteiger partial charge < -0.3 is 15.5 Å². The summed E-state index contributed by atoms with van der Waals surface area (Å²) in [5.74, 6) is 0.982. The molecule has 4 rings (SSSR count). The second-order valence-corrected chi connectivity index (χ2v) is 8.37. The second kappa shape index (κ2) is 8.95. The summed E-state index contributed by atoms with van der Waals surface area (Å²) in [5, 5.41) is 9.86. The van der Waals surface area contributed by atoms with Crippen LogP contribution in [-0.2, 0) is 6.42 Å². The topological polar surface area (TPSA) is 39.7 Å². The smallest absolute Gasteiger partial charge is 0.191 e. The van der Waals surface area contributed by atoms with Gasteiger partial charge in [-0.1, -0.05) is 48.9 Å². The first kappa shape index (κ1) is 19.3. The van der Waals surface area contributed by atoms with Gasteiger partial charge in [0.1, 0.15) is 0 Å². The molecule has 2 aromatic rings. The van der Waals surface area contributed by atoms with Crippen molar-refractivity contribution in [2.45, 2.75) is 63.6 Å². The van der Waals surface area contributed by atoms with E-state index in [0.717, 1.165) is 37.6 Å². The number of nitrogens with one attached hydrogen (secondary N) is 2. The fourth-order valence-corrected chi connectivity index (χ4v) is 5.05. The van der Waals surface area contributed by atoms with Gasteiger partial charge in [-0.15, -0.1) is 0 Å². The molecule has 0 amide bonds. The SMILES string of the molecule is CCNC(=NCCc1cccc2ccccc12)NC1CC2CCCC(C1)N2C. The Kier molecular flexibility index (Phi) is 6.16. The number of guanidine groups is 1. The van der Waals surface area contributed by atoms with E-state index in [2.05, 4.69) is 72.0 Å². The van der Waals surface area contributed by atoms with Crippen LogP contribution in [0.15, 0.2) is 47.5 Å². The van der Waals surface area contributed by atoms with Gasteiger partial charge in [0.05, 0.1) is 0 Å². The molecule has 4 heteroatoms. The Bertz CT molecular complexity index is 796. The molecule has 0 spiro atoms. The van der Waals surface area contributed by atoms with Crippen molar-refractivity contribution in [1.82, 2.24) is 15.5 Å². The van der Waals surface area contributed by atoms with E-state index in [1.54, 1.807) is 0 Å². The van der Waals surface area contributed by atoms with E-state index in [4.69, 9.17) is 4.99 Å². The molecule has 2 unspecified atom stereocenters. The lowest BCUT2D eigenvalue weighted by atomic mass is 9.82. The molecule has 2 heterocycles. The van der Waals surface area contributed by atoms with Crippen LogP contribution >= 0.6 is 0 Å². The standard InChI is InChI=1S/C24H34N4/c1-3-25-24(27-20-16-21-11-7-12-22(17-20)28(21)2)26-15-14-19-10-6-9-18-8-4-5-13-23(18)19/h4-6,8-10,13,20-22H,3,7,11-12,14-17H2,1-2H3,(H2,25,26,27). The third-order valence-corrected chi connectivity index (χ3v) is 6.56. The predicted octanol–water partition coefficient (Wildman–Crippen LogP) is 3.95. The third-order valence-electron chi connectivity index (χ3n) is 6.56. The van der Waals surface area contributed by atoms with Gasteiger partial charge >= 0.3 is 0 Å². The second-order valence-electron chi connectivity index (χ2n) is 8.37. The fourth-order valence-electron chi connectivity index (χ4n) is 5.05. The Labute approximate surface area is 169 Å². The summed E-state index contributed by atoms with van der Waals surface area (Å²) in [5.41, 5.74) is 1.38. The number of rotatable bonds is 5. The maximum atomic E-state index is 4.90. The van der Waals surface area contributed by atoms with Gasteiger partial charge in [-0.25, -0.2) is 0 Å². The van der Waals surface area contributed by atoms with E-state index in [9.17, 15) is 0 Å². The first-order chi connectivity index (χ1) is 13.7. The number of nitrogens with zero attached hydrogens (tertiary/aromatic N) is 2. The quantitative estimate of drug-likeness (QED) is 0.611. The van der Waals surface area contributed by atoms with Gasteiger partial charge in [0, 0.05) is 31.2 Å². The molecular formula is C24H34N4. The molecule has 2 N–H and O–H groups in total. The molecule has 2 atom stereocenters. The zero-order chi connectivity index (χ0) is 19.3. The minimum atomic E-state index is 0.543. The van der Waals surface area contributed by atoms with Crippen LogP contribution in [0.1, 0.15) is 44.6 Å². The Hall–Kier alpha value is -2.07. The highest BCUT2D eigenvalue weighted by atomic mass is 15.2. The van der Waals surface area contributed by atoms with E-state index in [-0.39, 0.29) is 0 Å². The van der Waals surface area contributed by atoms with Gasteiger partial charge in [-0.2, -0.15) is 0 Å². The van der Waals surface area contributed by atoms with E-state index in [1.165, 1.54) is 48.4 Å². The van der Waals surface area contributed by atoms with Crippen LogP contribution in [0.4, 0.5) is 0 Å². The van der Waals surface area contributed by atoms with Crippen LogP contribution in [0.25, 0.3) is 10.8 Å². The zero-order valence-electron chi connectivity index (χ0n) is 17.3. The molecule has 0 saturated carbocycles. The Balaban J connectivity index is 1.39. The number of hydrogen-bond acceptors (Lipinski definition) is 2. The maximum Gasteiger partial charge on any atom is 0.191 e. The van der Waals surface area contributed by atoms with Crippen LogP contribution in [0.2, 0.25) is 0 Å². The van der Waals surface area contributed by atoms with E-state index < -0.39 is 0 Å². The average Bonchev–Trinajstić information content (AvgIpc) is 2.69. The normalized spacial score (nSPS) is 25.6. The van der Waals surface area contributed by atoms with Crippen molar-refractivity contribution >= 4 is 16.7 Å². The highest BCUT2D eigenvalue weighted by Crippen LogP contribution is 2.32. The third kappa shape index (κ3) is 4.33. The largest absolute Gasteiger partial charge is 0.357 e. The Morgan fingerprint density at radius 2 is 1.82 bits per heavy atom. The zero-order valence-corrected chi connectivity index (χ0v) is 17.3. The fraction of sp³-hybridized carbons (Fsp3) is 0.542. The molecule has 2 fully saturated rings. The van der Waals surface area contributed by atoms with Gasteiger partial charge in [-0.3, -0.25) is 4.99 Å². The minimum Gasteiger partial charge on any atom is -0.357 e. The summed E-state index contributed by atoms with van der Waals surface area (Å²) in [6, 6.07) is 17.2. The number of aliphatic imine (C=N–C) groups is 1. The number of piperidine rings is 2. The van der Waals surface area contributed by atoms with Gasteiger partial charge in [0.25, 0.3) is 0 Å². The van der Waals surface area contributed by atoms with E-state index in [0.29, 0.717) is 6.04 Å². The first-order valence-corrected chi connectivity index (χ1v) is 11.0. The molecule has 0 radical (unpaired) electrons.